The zero-order valence-corrected chi connectivity index (χ0v) is 14.6. The van der Waals surface area contributed by atoms with Gasteiger partial charge in [-0.3, -0.25) is 10.1 Å². The first-order chi connectivity index (χ1) is 12.0. The summed E-state index contributed by atoms with van der Waals surface area (Å²) >= 11 is 1.36. The minimum atomic E-state index is -0.447. The van der Waals surface area contributed by atoms with Crippen molar-refractivity contribution in [3.8, 4) is 0 Å². The number of carbonyl (C=O) groups excluding carboxylic acids is 1. The topological polar surface area (TPSA) is 81.5 Å². The van der Waals surface area contributed by atoms with E-state index in [0.717, 1.165) is 15.6 Å². The smallest absolute Gasteiger partial charge is 0.341 e. The number of esters is 1. The summed E-state index contributed by atoms with van der Waals surface area (Å²) in [6.07, 6.45) is 0. The number of hydrogen-bond donors (Lipinski definition) is 1. The molecule has 1 heterocycles. The zero-order valence-electron chi connectivity index (χ0n) is 13.7. The Hall–Kier alpha value is -2.93. The van der Waals surface area contributed by atoms with Crippen LogP contribution in [-0.4, -0.2) is 17.5 Å². The van der Waals surface area contributed by atoms with Crippen LogP contribution in [0.3, 0.4) is 0 Å². The molecule has 0 saturated carbocycles. The average Bonchev–Trinajstić information content (AvgIpc) is 2.94. The number of nitrogens with zero attached hydrogens (tertiary/aromatic N) is 1. The molecule has 0 amide bonds. The van der Waals surface area contributed by atoms with Gasteiger partial charge in [0.2, 0.25) is 0 Å². The van der Waals surface area contributed by atoms with E-state index in [2.05, 4.69) is 5.32 Å². The maximum Gasteiger partial charge on any atom is 0.341 e. The summed E-state index contributed by atoms with van der Waals surface area (Å²) in [7, 11) is 0. The molecule has 3 aromatic rings. The standard InChI is InChI=1S/C18H16N2O4S/c1-3-24-18(21)16-12-6-4-5-7-15(12)25-17(16)19-13-9-8-11(2)10-14(13)20(22)23/h4-10,19H,3H2,1-2H3. The van der Waals surface area contributed by atoms with E-state index in [0.29, 0.717) is 16.3 Å². The second kappa shape index (κ2) is 6.90. The van der Waals surface area contributed by atoms with Gasteiger partial charge in [-0.05, 0) is 31.5 Å². The van der Waals surface area contributed by atoms with Crippen molar-refractivity contribution in [1.29, 1.82) is 0 Å². The normalized spacial score (nSPS) is 10.6. The number of hydrogen-bond acceptors (Lipinski definition) is 6. The van der Waals surface area contributed by atoms with Crippen molar-refractivity contribution < 1.29 is 14.5 Å². The van der Waals surface area contributed by atoms with Crippen molar-refractivity contribution in [2.75, 3.05) is 11.9 Å². The highest BCUT2D eigenvalue weighted by Crippen LogP contribution is 2.39. The first kappa shape index (κ1) is 16.9. The fourth-order valence-corrected chi connectivity index (χ4v) is 3.66. The molecule has 7 heteroatoms. The highest BCUT2D eigenvalue weighted by molar-refractivity contribution is 7.23. The Morgan fingerprint density at radius 2 is 2.04 bits per heavy atom. The number of rotatable bonds is 5. The van der Waals surface area contributed by atoms with Crippen molar-refractivity contribution >= 4 is 43.8 Å². The Bertz CT molecular complexity index is 965. The van der Waals surface area contributed by atoms with Crippen molar-refractivity contribution in [2.45, 2.75) is 13.8 Å². The number of aryl methyl sites for hydroxylation is 1. The Balaban J connectivity index is 2.12. The van der Waals surface area contributed by atoms with Gasteiger partial charge in [-0.25, -0.2) is 4.79 Å². The van der Waals surface area contributed by atoms with E-state index < -0.39 is 10.9 Å². The molecular formula is C18H16N2O4S. The number of anilines is 2. The number of fused-ring (bicyclic) bond motifs is 1. The summed E-state index contributed by atoms with van der Waals surface area (Å²) in [6.45, 7) is 3.79. The van der Waals surface area contributed by atoms with Gasteiger partial charge in [0.1, 0.15) is 16.3 Å². The first-order valence-corrected chi connectivity index (χ1v) is 8.53. The molecule has 0 unspecified atom stereocenters. The van der Waals surface area contributed by atoms with E-state index in [4.69, 9.17) is 4.74 Å². The molecule has 2 aromatic carbocycles. The van der Waals surface area contributed by atoms with E-state index in [1.54, 1.807) is 26.0 Å². The van der Waals surface area contributed by atoms with Gasteiger partial charge < -0.3 is 10.1 Å². The highest BCUT2D eigenvalue weighted by atomic mass is 32.1. The molecule has 0 spiro atoms. The lowest BCUT2D eigenvalue weighted by Gasteiger charge is -2.08. The van der Waals surface area contributed by atoms with Crippen LogP contribution in [0.2, 0.25) is 0 Å². The summed E-state index contributed by atoms with van der Waals surface area (Å²) in [4.78, 5) is 23.3. The van der Waals surface area contributed by atoms with Crippen LogP contribution in [0.4, 0.5) is 16.4 Å². The lowest BCUT2D eigenvalue weighted by atomic mass is 10.1. The monoisotopic (exact) mass is 356 g/mol. The Labute approximate surface area is 148 Å². The predicted molar refractivity (Wildman–Crippen MR) is 98.9 cm³/mol. The molecule has 0 aliphatic carbocycles. The van der Waals surface area contributed by atoms with Crippen LogP contribution < -0.4 is 5.32 Å². The molecule has 25 heavy (non-hydrogen) atoms. The van der Waals surface area contributed by atoms with Crippen LogP contribution in [0.5, 0.6) is 0 Å². The second-order valence-corrected chi connectivity index (χ2v) is 6.48. The van der Waals surface area contributed by atoms with Gasteiger partial charge in [0, 0.05) is 16.2 Å². The van der Waals surface area contributed by atoms with Crippen LogP contribution >= 0.6 is 11.3 Å². The van der Waals surface area contributed by atoms with E-state index >= 15 is 0 Å². The van der Waals surface area contributed by atoms with Crippen LogP contribution in [0, 0.1) is 17.0 Å². The lowest BCUT2D eigenvalue weighted by Crippen LogP contribution is -2.07. The molecule has 0 aliphatic heterocycles. The van der Waals surface area contributed by atoms with Crippen LogP contribution in [0.25, 0.3) is 10.1 Å². The molecule has 0 bridgehead atoms. The van der Waals surface area contributed by atoms with Gasteiger partial charge in [-0.1, -0.05) is 24.3 Å². The van der Waals surface area contributed by atoms with Crippen molar-refractivity contribution in [1.82, 2.24) is 0 Å². The summed E-state index contributed by atoms with van der Waals surface area (Å²) in [6, 6.07) is 12.4. The third-order valence-corrected chi connectivity index (χ3v) is 4.76. The van der Waals surface area contributed by atoms with Gasteiger partial charge in [0.15, 0.2) is 0 Å². The van der Waals surface area contributed by atoms with E-state index in [-0.39, 0.29) is 12.3 Å². The van der Waals surface area contributed by atoms with Gasteiger partial charge in [-0.2, -0.15) is 0 Å². The number of nitro benzene ring substituents is 1. The van der Waals surface area contributed by atoms with Crippen molar-refractivity contribution in [3.05, 3.63) is 63.7 Å². The number of nitrogens with one attached hydrogen (secondary N) is 1. The van der Waals surface area contributed by atoms with Crippen molar-refractivity contribution in [2.24, 2.45) is 0 Å². The molecule has 0 fully saturated rings. The first-order valence-electron chi connectivity index (χ1n) is 7.72. The molecule has 0 radical (unpaired) electrons. The fraction of sp³-hybridized carbons (Fsp3) is 0.167. The molecule has 3 rings (SSSR count). The summed E-state index contributed by atoms with van der Waals surface area (Å²) in [5.74, 6) is -0.447. The second-order valence-electron chi connectivity index (χ2n) is 5.43. The SMILES string of the molecule is CCOC(=O)c1c(Nc2ccc(C)cc2[N+](=O)[O-])sc2ccccc12. The van der Waals surface area contributed by atoms with Crippen LogP contribution in [-0.2, 0) is 4.74 Å². The zero-order chi connectivity index (χ0) is 18.0. The third kappa shape index (κ3) is 3.32. The largest absolute Gasteiger partial charge is 0.462 e. The minimum absolute atomic E-state index is 0.0349. The average molecular weight is 356 g/mol. The number of benzene rings is 2. The molecule has 0 atom stereocenters. The third-order valence-electron chi connectivity index (χ3n) is 3.67. The summed E-state index contributed by atoms with van der Waals surface area (Å²) < 4.78 is 6.07. The van der Waals surface area contributed by atoms with Gasteiger partial charge in [-0.15, -0.1) is 11.3 Å². The number of ether oxygens (including phenoxy) is 1. The van der Waals surface area contributed by atoms with E-state index in [1.165, 1.54) is 17.4 Å². The van der Waals surface area contributed by atoms with Gasteiger partial charge in [0.05, 0.1) is 11.5 Å². The summed E-state index contributed by atoms with van der Waals surface area (Å²) in [5, 5.41) is 15.7. The molecule has 0 saturated heterocycles. The number of nitro groups is 1. The molecule has 1 N–H and O–H groups in total. The number of carbonyl (C=O) groups is 1. The number of thiophene rings is 1. The Morgan fingerprint density at radius 1 is 1.28 bits per heavy atom. The van der Waals surface area contributed by atoms with Crippen LogP contribution in [0.1, 0.15) is 22.8 Å². The van der Waals surface area contributed by atoms with E-state index in [9.17, 15) is 14.9 Å². The van der Waals surface area contributed by atoms with Crippen molar-refractivity contribution in [3.63, 3.8) is 0 Å². The van der Waals surface area contributed by atoms with E-state index in [1.807, 2.05) is 24.3 Å². The molecule has 6 nitrogen and oxygen atoms in total. The van der Waals surface area contributed by atoms with Crippen LogP contribution in [0.15, 0.2) is 42.5 Å². The minimum Gasteiger partial charge on any atom is -0.462 e. The van der Waals surface area contributed by atoms with Gasteiger partial charge >= 0.3 is 5.97 Å². The fourth-order valence-electron chi connectivity index (χ4n) is 2.56. The van der Waals surface area contributed by atoms with Gasteiger partial charge in [0.25, 0.3) is 5.69 Å². The molecule has 0 aliphatic rings. The predicted octanol–water partition coefficient (Wildman–Crippen LogP) is 5.04. The summed E-state index contributed by atoms with van der Waals surface area (Å²) in [5.41, 5.74) is 1.50. The lowest BCUT2D eigenvalue weighted by molar-refractivity contribution is -0.384. The highest BCUT2D eigenvalue weighted by Gasteiger charge is 2.22. The molecule has 128 valence electrons. The molecule has 1 aromatic heterocycles. The Morgan fingerprint density at radius 3 is 2.76 bits per heavy atom. The maximum absolute atomic E-state index is 12.4. The molecular weight excluding hydrogens is 340 g/mol. The quantitative estimate of drug-likeness (QED) is 0.393. The Kier molecular flexibility index (Phi) is 4.67. The maximum atomic E-state index is 12.4.